The van der Waals surface area contributed by atoms with Gasteiger partial charge in [-0.3, -0.25) is 9.59 Å². The van der Waals surface area contributed by atoms with Crippen LogP contribution in [0.1, 0.15) is 5.56 Å². The molecule has 2 aromatic carbocycles. The summed E-state index contributed by atoms with van der Waals surface area (Å²) < 4.78 is 62.5. The molecule has 13 heteroatoms. The van der Waals surface area contributed by atoms with Gasteiger partial charge in [0.2, 0.25) is 0 Å². The average molecular weight is 468 g/mol. The molecule has 1 aromatic heterocycles. The number of aromatic nitrogens is 1. The molecule has 0 spiro atoms. The molecule has 1 aliphatic heterocycles. The van der Waals surface area contributed by atoms with E-state index in [9.17, 15) is 32.3 Å². The number of carbonyl (C=O) groups excluding carboxylic acids is 2. The Morgan fingerprint density at radius 1 is 1.27 bits per heavy atom. The standard InChI is InChI=1S/C20H16F4N4O5/c21-13-8-10(2-4-12(13)20(22,23)24)28-5-6-32-16(19(28)31)15(29)18(30)26-9-1-3-11-14(7-9)33-27-17(11)25/h1-4,7-8,15-16,29H,5-6H2,(H2,25,27)(H,26,30)/t15-,16-/m1/s1. The van der Waals surface area contributed by atoms with Gasteiger partial charge in [0.25, 0.3) is 11.8 Å². The van der Waals surface area contributed by atoms with Gasteiger partial charge in [0.1, 0.15) is 5.82 Å². The number of nitrogens with one attached hydrogen (secondary N) is 1. The van der Waals surface area contributed by atoms with Gasteiger partial charge in [0, 0.05) is 24.0 Å². The third kappa shape index (κ3) is 4.32. The summed E-state index contributed by atoms with van der Waals surface area (Å²) in [5.74, 6) is -3.30. The maximum atomic E-state index is 13.9. The lowest BCUT2D eigenvalue weighted by Gasteiger charge is -2.34. The molecule has 3 aromatic rings. The van der Waals surface area contributed by atoms with E-state index >= 15 is 0 Å². The number of morpholine rings is 1. The number of nitrogens with two attached hydrogens (primary N) is 1. The van der Waals surface area contributed by atoms with Crippen LogP contribution in [-0.2, 0) is 20.5 Å². The Kier molecular flexibility index (Phi) is 5.68. The number of nitrogen functional groups attached to an aromatic ring is 1. The summed E-state index contributed by atoms with van der Waals surface area (Å²) in [6, 6.07) is 6.42. The van der Waals surface area contributed by atoms with Crippen LogP contribution in [0.25, 0.3) is 11.0 Å². The van der Waals surface area contributed by atoms with Crippen molar-refractivity contribution >= 4 is 40.0 Å². The van der Waals surface area contributed by atoms with Crippen LogP contribution in [0.5, 0.6) is 0 Å². The second kappa shape index (κ2) is 8.33. The van der Waals surface area contributed by atoms with Crippen LogP contribution in [-0.4, -0.2) is 47.4 Å². The van der Waals surface area contributed by atoms with Crippen LogP contribution in [0.2, 0.25) is 0 Å². The fraction of sp³-hybridized carbons (Fsp3) is 0.250. The lowest BCUT2D eigenvalue weighted by Crippen LogP contribution is -2.55. The minimum absolute atomic E-state index is 0.113. The fourth-order valence-electron chi connectivity index (χ4n) is 3.38. The number of nitrogens with zero attached hydrogens (tertiary/aromatic N) is 2. The Hall–Kier alpha value is -3.71. The van der Waals surface area contributed by atoms with Crippen molar-refractivity contribution in [3.63, 3.8) is 0 Å². The maximum Gasteiger partial charge on any atom is 0.419 e. The number of hydrogen-bond donors (Lipinski definition) is 3. The first-order chi connectivity index (χ1) is 15.6. The van der Waals surface area contributed by atoms with Crippen molar-refractivity contribution in [2.45, 2.75) is 18.4 Å². The van der Waals surface area contributed by atoms with E-state index in [-0.39, 0.29) is 35.9 Å². The highest BCUT2D eigenvalue weighted by molar-refractivity contribution is 6.04. The summed E-state index contributed by atoms with van der Waals surface area (Å²) in [5, 5.41) is 16.9. The minimum Gasteiger partial charge on any atom is -0.380 e. The van der Waals surface area contributed by atoms with Gasteiger partial charge >= 0.3 is 6.18 Å². The molecule has 2 atom stereocenters. The number of ether oxygens (including phenoxy) is 1. The molecule has 4 N–H and O–H groups in total. The first kappa shape index (κ1) is 22.5. The van der Waals surface area contributed by atoms with E-state index in [4.69, 9.17) is 15.0 Å². The summed E-state index contributed by atoms with van der Waals surface area (Å²) in [5.41, 5.74) is 4.47. The zero-order chi connectivity index (χ0) is 23.9. The molecular formula is C20H16F4N4O5. The number of rotatable bonds is 4. The number of fused-ring (bicyclic) bond motifs is 1. The summed E-state index contributed by atoms with van der Waals surface area (Å²) >= 11 is 0. The number of benzene rings is 2. The highest BCUT2D eigenvalue weighted by Crippen LogP contribution is 2.33. The fourth-order valence-corrected chi connectivity index (χ4v) is 3.38. The van der Waals surface area contributed by atoms with Crippen molar-refractivity contribution in [2.75, 3.05) is 29.1 Å². The van der Waals surface area contributed by atoms with Crippen molar-refractivity contribution in [3.05, 3.63) is 47.8 Å². The van der Waals surface area contributed by atoms with Crippen molar-refractivity contribution < 1.29 is 41.5 Å². The number of alkyl halides is 3. The van der Waals surface area contributed by atoms with E-state index in [1.54, 1.807) is 0 Å². The Labute approximate surface area is 182 Å². The Morgan fingerprint density at radius 2 is 2.03 bits per heavy atom. The molecule has 1 fully saturated rings. The van der Waals surface area contributed by atoms with Gasteiger partial charge in [0.05, 0.1) is 17.6 Å². The highest BCUT2D eigenvalue weighted by atomic mass is 19.4. The summed E-state index contributed by atoms with van der Waals surface area (Å²) in [6.45, 7) is -0.259. The van der Waals surface area contributed by atoms with Crippen LogP contribution in [0, 0.1) is 5.82 Å². The summed E-state index contributed by atoms with van der Waals surface area (Å²) in [4.78, 5) is 26.2. The van der Waals surface area contributed by atoms with Gasteiger partial charge in [-0.25, -0.2) is 4.39 Å². The zero-order valence-corrected chi connectivity index (χ0v) is 16.6. The van der Waals surface area contributed by atoms with Gasteiger partial charge in [-0.2, -0.15) is 13.2 Å². The molecule has 33 heavy (non-hydrogen) atoms. The lowest BCUT2D eigenvalue weighted by atomic mass is 10.1. The topological polar surface area (TPSA) is 131 Å². The van der Waals surface area contributed by atoms with Crippen LogP contribution < -0.4 is 16.0 Å². The Balaban J connectivity index is 1.49. The molecule has 0 radical (unpaired) electrons. The number of aliphatic hydroxyl groups is 1. The molecule has 1 aliphatic rings. The lowest BCUT2D eigenvalue weighted by molar-refractivity contribution is -0.150. The van der Waals surface area contributed by atoms with Gasteiger partial charge < -0.3 is 30.3 Å². The molecule has 9 nitrogen and oxygen atoms in total. The van der Waals surface area contributed by atoms with E-state index in [1.807, 2.05) is 0 Å². The third-order valence-electron chi connectivity index (χ3n) is 5.01. The third-order valence-corrected chi connectivity index (χ3v) is 5.01. The molecule has 0 unspecified atom stereocenters. The molecule has 4 rings (SSSR count). The van der Waals surface area contributed by atoms with Gasteiger partial charge in [-0.1, -0.05) is 5.16 Å². The second-order valence-corrected chi connectivity index (χ2v) is 7.16. The smallest absolute Gasteiger partial charge is 0.380 e. The Bertz CT molecular complexity index is 1230. The number of aliphatic hydroxyl groups excluding tert-OH is 1. The molecule has 2 heterocycles. The van der Waals surface area contributed by atoms with Crippen LogP contribution in [0.15, 0.2) is 40.9 Å². The Morgan fingerprint density at radius 3 is 2.73 bits per heavy atom. The molecule has 0 bridgehead atoms. The second-order valence-electron chi connectivity index (χ2n) is 7.16. The molecule has 0 saturated carbocycles. The molecule has 174 valence electrons. The summed E-state index contributed by atoms with van der Waals surface area (Å²) in [7, 11) is 0. The maximum absolute atomic E-state index is 13.9. The highest BCUT2D eigenvalue weighted by Gasteiger charge is 2.40. The number of carbonyl (C=O) groups is 2. The van der Waals surface area contributed by atoms with Crippen LogP contribution in [0.3, 0.4) is 0 Å². The van der Waals surface area contributed by atoms with E-state index in [0.29, 0.717) is 17.5 Å². The van der Waals surface area contributed by atoms with Gasteiger partial charge in [0.15, 0.2) is 23.6 Å². The van der Waals surface area contributed by atoms with E-state index < -0.39 is 41.6 Å². The number of halogens is 4. The molecular weight excluding hydrogens is 452 g/mol. The van der Waals surface area contributed by atoms with Gasteiger partial charge in [-0.15, -0.1) is 0 Å². The average Bonchev–Trinajstić information content (AvgIpc) is 3.12. The number of hydrogen-bond acceptors (Lipinski definition) is 7. The van der Waals surface area contributed by atoms with Crippen molar-refractivity contribution in [2.24, 2.45) is 0 Å². The van der Waals surface area contributed by atoms with Crippen LogP contribution in [0.4, 0.5) is 34.8 Å². The molecule has 2 amide bonds. The summed E-state index contributed by atoms with van der Waals surface area (Å²) in [6.07, 6.45) is -8.52. The van der Waals surface area contributed by atoms with Crippen molar-refractivity contribution in [1.82, 2.24) is 5.16 Å². The first-order valence-corrected chi connectivity index (χ1v) is 9.50. The van der Waals surface area contributed by atoms with Crippen LogP contribution >= 0.6 is 0 Å². The normalized spacial score (nSPS) is 17.9. The largest absolute Gasteiger partial charge is 0.419 e. The number of anilines is 3. The number of amides is 2. The predicted octanol–water partition coefficient (Wildman–Crippen LogP) is 2.30. The quantitative estimate of drug-likeness (QED) is 0.501. The van der Waals surface area contributed by atoms with Crippen molar-refractivity contribution in [1.29, 1.82) is 0 Å². The zero-order valence-electron chi connectivity index (χ0n) is 16.6. The first-order valence-electron chi connectivity index (χ1n) is 9.50. The minimum atomic E-state index is -4.89. The van der Waals surface area contributed by atoms with E-state index in [2.05, 4.69) is 10.5 Å². The SMILES string of the molecule is Nc1noc2cc(NC(=O)[C@H](O)[C@H]3OCCN(c4ccc(C(F)(F)F)c(F)c4)C3=O)ccc12. The van der Waals surface area contributed by atoms with E-state index in [0.717, 1.165) is 11.0 Å². The monoisotopic (exact) mass is 468 g/mol. The molecule has 1 saturated heterocycles. The molecule has 0 aliphatic carbocycles. The van der Waals surface area contributed by atoms with Gasteiger partial charge in [-0.05, 0) is 30.3 Å². The predicted molar refractivity (Wildman–Crippen MR) is 107 cm³/mol. The van der Waals surface area contributed by atoms with Crippen molar-refractivity contribution in [3.8, 4) is 0 Å². The van der Waals surface area contributed by atoms with E-state index in [1.165, 1.54) is 18.2 Å².